The number of fused-ring (bicyclic) bond motifs is 2. The first-order valence-corrected chi connectivity index (χ1v) is 9.17. The summed E-state index contributed by atoms with van der Waals surface area (Å²) in [6.45, 7) is 0. The third kappa shape index (κ3) is 3.67. The lowest BCUT2D eigenvalue weighted by Gasteiger charge is -2.09. The van der Waals surface area contributed by atoms with Gasteiger partial charge in [0.25, 0.3) is 5.91 Å². The van der Waals surface area contributed by atoms with Crippen molar-refractivity contribution in [3.63, 3.8) is 0 Å². The lowest BCUT2D eigenvalue weighted by Crippen LogP contribution is -2.13. The summed E-state index contributed by atoms with van der Waals surface area (Å²) >= 11 is 0. The molecule has 1 N–H and O–H groups in total. The van der Waals surface area contributed by atoms with E-state index in [1.165, 1.54) is 0 Å². The standard InChI is InChI=1S/C25H18N2O2/c1-29-24-13-11-19(22-8-4-5-9-23(22)24)14-20(16-26)25(28)27-21-12-10-17-6-2-3-7-18(17)15-21/h2-15H,1H3,(H,27,28). The number of rotatable bonds is 4. The maximum atomic E-state index is 12.7. The number of nitrogens with one attached hydrogen (secondary N) is 1. The number of hydrogen-bond acceptors (Lipinski definition) is 3. The van der Waals surface area contributed by atoms with Crippen LogP contribution in [0.2, 0.25) is 0 Å². The summed E-state index contributed by atoms with van der Waals surface area (Å²) in [6.07, 6.45) is 1.61. The van der Waals surface area contributed by atoms with Crippen molar-refractivity contribution in [3.8, 4) is 11.8 Å². The maximum Gasteiger partial charge on any atom is 0.266 e. The van der Waals surface area contributed by atoms with Gasteiger partial charge >= 0.3 is 0 Å². The van der Waals surface area contributed by atoms with Gasteiger partial charge in [0, 0.05) is 11.1 Å². The molecule has 0 bridgehead atoms. The minimum atomic E-state index is -0.442. The molecule has 4 rings (SSSR count). The van der Waals surface area contributed by atoms with Gasteiger partial charge in [0.2, 0.25) is 0 Å². The van der Waals surface area contributed by atoms with Crippen molar-refractivity contribution in [1.82, 2.24) is 0 Å². The summed E-state index contributed by atoms with van der Waals surface area (Å²) in [5.74, 6) is 0.305. The van der Waals surface area contributed by atoms with Crippen LogP contribution in [0.3, 0.4) is 0 Å². The lowest BCUT2D eigenvalue weighted by atomic mass is 10.0. The summed E-state index contributed by atoms with van der Waals surface area (Å²) < 4.78 is 5.41. The molecule has 0 atom stereocenters. The van der Waals surface area contributed by atoms with Crippen molar-refractivity contribution in [2.24, 2.45) is 0 Å². The van der Waals surface area contributed by atoms with Gasteiger partial charge in [0.15, 0.2) is 0 Å². The van der Waals surface area contributed by atoms with E-state index in [9.17, 15) is 10.1 Å². The number of methoxy groups -OCH3 is 1. The molecular formula is C25H18N2O2. The Morgan fingerprint density at radius 2 is 1.66 bits per heavy atom. The van der Waals surface area contributed by atoms with Crippen LogP contribution in [0.15, 0.2) is 84.4 Å². The van der Waals surface area contributed by atoms with Crippen LogP contribution >= 0.6 is 0 Å². The molecule has 1 amide bonds. The highest BCUT2D eigenvalue weighted by Crippen LogP contribution is 2.29. The van der Waals surface area contributed by atoms with E-state index in [0.717, 1.165) is 32.9 Å². The first kappa shape index (κ1) is 18.3. The van der Waals surface area contributed by atoms with Crippen LogP contribution in [0.1, 0.15) is 5.56 Å². The maximum absolute atomic E-state index is 12.7. The smallest absolute Gasteiger partial charge is 0.266 e. The highest BCUT2D eigenvalue weighted by atomic mass is 16.5. The second-order valence-electron chi connectivity index (χ2n) is 6.59. The second kappa shape index (κ2) is 7.87. The Hall–Kier alpha value is -4.10. The van der Waals surface area contributed by atoms with Gasteiger partial charge in [-0.05, 0) is 46.0 Å². The summed E-state index contributed by atoms with van der Waals surface area (Å²) in [5, 5.41) is 16.4. The first-order chi connectivity index (χ1) is 14.2. The molecule has 0 saturated carbocycles. The van der Waals surface area contributed by atoms with Gasteiger partial charge in [-0.2, -0.15) is 5.26 Å². The normalized spacial score (nSPS) is 11.2. The van der Waals surface area contributed by atoms with E-state index in [-0.39, 0.29) is 5.57 Å². The fourth-order valence-corrected chi connectivity index (χ4v) is 3.37. The number of carbonyl (C=O) groups excluding carboxylic acids is 1. The second-order valence-corrected chi connectivity index (χ2v) is 6.59. The van der Waals surface area contributed by atoms with Crippen LogP contribution < -0.4 is 10.1 Å². The van der Waals surface area contributed by atoms with Gasteiger partial charge < -0.3 is 10.1 Å². The summed E-state index contributed by atoms with van der Waals surface area (Å²) in [6, 6.07) is 27.0. The third-order valence-corrected chi connectivity index (χ3v) is 4.81. The Morgan fingerprint density at radius 3 is 2.41 bits per heavy atom. The highest BCUT2D eigenvalue weighted by molar-refractivity contribution is 6.11. The lowest BCUT2D eigenvalue weighted by molar-refractivity contribution is -0.112. The fourth-order valence-electron chi connectivity index (χ4n) is 3.37. The van der Waals surface area contributed by atoms with Crippen LogP contribution in [0, 0.1) is 11.3 Å². The average Bonchev–Trinajstić information content (AvgIpc) is 2.77. The third-order valence-electron chi connectivity index (χ3n) is 4.81. The molecule has 140 valence electrons. The zero-order valence-corrected chi connectivity index (χ0v) is 15.8. The van der Waals surface area contributed by atoms with E-state index in [1.807, 2.05) is 84.9 Å². The molecule has 29 heavy (non-hydrogen) atoms. The molecule has 0 spiro atoms. The molecule has 0 fully saturated rings. The number of nitriles is 1. The topological polar surface area (TPSA) is 62.1 Å². The molecule has 0 aromatic heterocycles. The van der Waals surface area contributed by atoms with Crippen LogP contribution in [0.25, 0.3) is 27.6 Å². The molecule has 4 aromatic carbocycles. The molecule has 0 saturated heterocycles. The number of anilines is 1. The number of amides is 1. The van der Waals surface area contributed by atoms with E-state index >= 15 is 0 Å². The highest BCUT2D eigenvalue weighted by Gasteiger charge is 2.12. The van der Waals surface area contributed by atoms with Crippen LogP contribution in [0.5, 0.6) is 5.75 Å². The quantitative estimate of drug-likeness (QED) is 0.374. The number of carbonyl (C=O) groups is 1. The first-order valence-electron chi connectivity index (χ1n) is 9.17. The number of hydrogen-bond donors (Lipinski definition) is 1. The monoisotopic (exact) mass is 378 g/mol. The summed E-state index contributed by atoms with van der Waals surface area (Å²) in [4.78, 5) is 12.7. The van der Waals surface area contributed by atoms with Crippen LogP contribution in [-0.2, 0) is 4.79 Å². The Kier molecular flexibility index (Phi) is 4.96. The largest absolute Gasteiger partial charge is 0.496 e. The van der Waals surface area contributed by atoms with Gasteiger partial charge in [0.05, 0.1) is 7.11 Å². The zero-order chi connectivity index (χ0) is 20.2. The van der Waals surface area contributed by atoms with Crippen molar-refractivity contribution in [3.05, 3.63) is 90.0 Å². The number of benzene rings is 4. The predicted molar refractivity (Wildman–Crippen MR) is 117 cm³/mol. The molecule has 4 nitrogen and oxygen atoms in total. The SMILES string of the molecule is COc1ccc(C=C(C#N)C(=O)Nc2ccc3ccccc3c2)c2ccccc12. The molecule has 0 aliphatic rings. The molecule has 0 heterocycles. The van der Waals surface area contributed by atoms with Crippen molar-refractivity contribution in [2.75, 3.05) is 12.4 Å². The summed E-state index contributed by atoms with van der Waals surface area (Å²) in [7, 11) is 1.62. The van der Waals surface area contributed by atoms with Crippen LogP contribution in [0.4, 0.5) is 5.69 Å². The Labute approximate surface area is 168 Å². The molecule has 4 heteroatoms. The van der Waals surface area contributed by atoms with Crippen molar-refractivity contribution in [1.29, 1.82) is 5.26 Å². The van der Waals surface area contributed by atoms with E-state index in [4.69, 9.17) is 4.74 Å². The van der Waals surface area contributed by atoms with Gasteiger partial charge in [-0.1, -0.05) is 60.7 Å². The van der Waals surface area contributed by atoms with E-state index in [0.29, 0.717) is 5.69 Å². The van der Waals surface area contributed by atoms with Gasteiger partial charge in [0.1, 0.15) is 17.4 Å². The molecule has 0 aliphatic carbocycles. The minimum Gasteiger partial charge on any atom is -0.496 e. The minimum absolute atomic E-state index is 0.0356. The zero-order valence-electron chi connectivity index (χ0n) is 15.8. The van der Waals surface area contributed by atoms with Gasteiger partial charge in [-0.15, -0.1) is 0 Å². The van der Waals surface area contributed by atoms with Gasteiger partial charge in [-0.25, -0.2) is 0 Å². The molecule has 0 radical (unpaired) electrons. The molecule has 4 aromatic rings. The Bertz CT molecular complexity index is 1300. The van der Waals surface area contributed by atoms with E-state index in [1.54, 1.807) is 13.2 Å². The molecule has 0 aliphatic heterocycles. The molecule has 0 unspecified atom stereocenters. The Morgan fingerprint density at radius 1 is 0.931 bits per heavy atom. The fraction of sp³-hybridized carbons (Fsp3) is 0.0400. The van der Waals surface area contributed by atoms with E-state index < -0.39 is 5.91 Å². The number of ether oxygens (including phenoxy) is 1. The molecular weight excluding hydrogens is 360 g/mol. The predicted octanol–water partition coefficient (Wildman–Crippen LogP) is 5.55. The Balaban J connectivity index is 1.68. The average molecular weight is 378 g/mol. The van der Waals surface area contributed by atoms with Gasteiger partial charge in [-0.3, -0.25) is 4.79 Å². The van der Waals surface area contributed by atoms with Crippen molar-refractivity contribution < 1.29 is 9.53 Å². The van der Waals surface area contributed by atoms with Crippen LogP contribution in [-0.4, -0.2) is 13.0 Å². The number of nitrogens with zero attached hydrogens (tertiary/aromatic N) is 1. The van der Waals surface area contributed by atoms with E-state index in [2.05, 4.69) is 5.32 Å². The van der Waals surface area contributed by atoms with Crippen molar-refractivity contribution >= 4 is 39.2 Å². The van der Waals surface area contributed by atoms with Crippen molar-refractivity contribution in [2.45, 2.75) is 0 Å². The summed E-state index contributed by atoms with van der Waals surface area (Å²) in [5.41, 5.74) is 1.47.